The zero-order valence-corrected chi connectivity index (χ0v) is 18.5. The molecule has 0 saturated heterocycles. The van der Waals surface area contributed by atoms with Crippen molar-refractivity contribution in [1.82, 2.24) is 5.43 Å². The zero-order chi connectivity index (χ0) is 20.7. The Balaban J connectivity index is 1.74. The van der Waals surface area contributed by atoms with E-state index in [-0.39, 0.29) is 12.5 Å². The number of carbonyl (C=O) groups is 1. The first-order valence-corrected chi connectivity index (χ1v) is 10.9. The van der Waals surface area contributed by atoms with Gasteiger partial charge in [0.1, 0.15) is 11.5 Å². The minimum Gasteiger partial charge on any atom is -0.493 e. The third-order valence-electron chi connectivity index (χ3n) is 4.26. The third kappa shape index (κ3) is 9.13. The number of hydrogen-bond acceptors (Lipinski definition) is 4. The van der Waals surface area contributed by atoms with Crippen LogP contribution in [0.4, 0.5) is 0 Å². The van der Waals surface area contributed by atoms with Gasteiger partial charge in [0.2, 0.25) is 0 Å². The predicted octanol–water partition coefficient (Wildman–Crippen LogP) is 5.72. The lowest BCUT2D eigenvalue weighted by molar-refractivity contribution is -0.123. The maximum Gasteiger partial charge on any atom is 0.277 e. The summed E-state index contributed by atoms with van der Waals surface area (Å²) in [5.74, 6) is 1.05. The summed E-state index contributed by atoms with van der Waals surface area (Å²) in [6.45, 7) is 2.79. The van der Waals surface area contributed by atoms with E-state index >= 15 is 0 Å². The van der Waals surface area contributed by atoms with Gasteiger partial charge in [0.15, 0.2) is 6.61 Å². The number of ether oxygens (including phenoxy) is 2. The van der Waals surface area contributed by atoms with Gasteiger partial charge in [-0.15, -0.1) is 0 Å². The monoisotopic (exact) mass is 460 g/mol. The van der Waals surface area contributed by atoms with Crippen LogP contribution >= 0.6 is 15.9 Å². The number of carbonyl (C=O) groups excluding carboxylic acids is 1. The fourth-order valence-electron chi connectivity index (χ4n) is 2.69. The standard InChI is InChI=1S/C23H29BrN2O3/c1-2-3-4-5-6-11-16-28-21-14-9-7-12-19(21)17-25-26-23(27)18-29-22-15-10-8-13-20(22)24/h7-10,12-15,17H,2-6,11,16,18H2,1H3,(H,26,27)/b25-17+. The maximum atomic E-state index is 11.9. The third-order valence-corrected chi connectivity index (χ3v) is 4.92. The molecule has 0 aliphatic carbocycles. The van der Waals surface area contributed by atoms with Crippen LogP contribution in [0.25, 0.3) is 0 Å². The molecule has 0 saturated carbocycles. The highest BCUT2D eigenvalue weighted by molar-refractivity contribution is 9.10. The van der Waals surface area contributed by atoms with Crippen molar-refractivity contribution in [2.75, 3.05) is 13.2 Å². The Morgan fingerprint density at radius 2 is 1.66 bits per heavy atom. The van der Waals surface area contributed by atoms with Crippen LogP contribution in [0, 0.1) is 0 Å². The van der Waals surface area contributed by atoms with Gasteiger partial charge >= 0.3 is 0 Å². The minimum absolute atomic E-state index is 0.115. The number of nitrogens with one attached hydrogen (secondary N) is 1. The van der Waals surface area contributed by atoms with Crippen molar-refractivity contribution in [1.29, 1.82) is 0 Å². The Hall–Kier alpha value is -2.34. The SMILES string of the molecule is CCCCCCCCOc1ccccc1/C=N/NC(=O)COc1ccccc1Br. The molecule has 2 aromatic rings. The molecule has 0 unspecified atom stereocenters. The first kappa shape index (κ1) is 22.9. The van der Waals surface area contributed by atoms with E-state index in [1.54, 1.807) is 12.3 Å². The highest BCUT2D eigenvalue weighted by Crippen LogP contribution is 2.23. The highest BCUT2D eigenvalue weighted by atomic mass is 79.9. The largest absolute Gasteiger partial charge is 0.493 e. The number of para-hydroxylation sites is 2. The number of nitrogens with zero attached hydrogens (tertiary/aromatic N) is 1. The van der Waals surface area contributed by atoms with Crippen LogP contribution < -0.4 is 14.9 Å². The Labute approximate surface area is 181 Å². The van der Waals surface area contributed by atoms with Crippen LogP contribution in [-0.4, -0.2) is 25.3 Å². The van der Waals surface area contributed by atoms with E-state index in [2.05, 4.69) is 33.4 Å². The van der Waals surface area contributed by atoms with Crippen molar-refractivity contribution in [2.24, 2.45) is 5.10 Å². The average molecular weight is 461 g/mol. The van der Waals surface area contributed by atoms with Crippen molar-refractivity contribution in [3.8, 4) is 11.5 Å². The van der Waals surface area contributed by atoms with Gasteiger partial charge in [-0.05, 0) is 46.6 Å². The van der Waals surface area contributed by atoms with E-state index in [0.717, 1.165) is 22.2 Å². The minimum atomic E-state index is -0.331. The summed E-state index contributed by atoms with van der Waals surface area (Å²) in [4.78, 5) is 11.9. The van der Waals surface area contributed by atoms with Gasteiger partial charge in [-0.25, -0.2) is 5.43 Å². The molecule has 0 atom stereocenters. The molecule has 0 heterocycles. The smallest absolute Gasteiger partial charge is 0.277 e. The Bertz CT molecular complexity index is 780. The molecular formula is C23H29BrN2O3. The number of amides is 1. The second-order valence-electron chi connectivity index (χ2n) is 6.67. The van der Waals surface area contributed by atoms with E-state index in [1.807, 2.05) is 42.5 Å². The topological polar surface area (TPSA) is 59.9 Å². The summed E-state index contributed by atoms with van der Waals surface area (Å²) in [5.41, 5.74) is 3.30. The van der Waals surface area contributed by atoms with E-state index in [4.69, 9.17) is 9.47 Å². The van der Waals surface area contributed by atoms with Crippen molar-refractivity contribution < 1.29 is 14.3 Å². The molecule has 0 fully saturated rings. The van der Waals surface area contributed by atoms with Gasteiger partial charge < -0.3 is 9.47 Å². The Morgan fingerprint density at radius 1 is 0.966 bits per heavy atom. The molecular weight excluding hydrogens is 432 g/mol. The summed E-state index contributed by atoms with van der Waals surface area (Å²) >= 11 is 3.38. The van der Waals surface area contributed by atoms with Crippen LogP contribution in [0.5, 0.6) is 11.5 Å². The van der Waals surface area contributed by atoms with Gasteiger partial charge in [-0.3, -0.25) is 4.79 Å². The van der Waals surface area contributed by atoms with Crippen LogP contribution in [-0.2, 0) is 4.79 Å². The molecule has 0 bridgehead atoms. The maximum absolute atomic E-state index is 11.9. The summed E-state index contributed by atoms with van der Waals surface area (Å²) < 4.78 is 12.2. The molecule has 2 rings (SSSR count). The van der Waals surface area contributed by atoms with Gasteiger partial charge in [-0.1, -0.05) is 63.3 Å². The van der Waals surface area contributed by atoms with E-state index in [9.17, 15) is 4.79 Å². The number of halogens is 1. The lowest BCUT2D eigenvalue weighted by atomic mass is 10.1. The van der Waals surface area contributed by atoms with Crippen LogP contribution in [0.2, 0.25) is 0 Å². The Kier molecular flexibility index (Phi) is 10.9. The molecule has 0 aliphatic rings. The predicted molar refractivity (Wildman–Crippen MR) is 121 cm³/mol. The normalized spacial score (nSPS) is 10.8. The molecule has 2 aromatic carbocycles. The first-order chi connectivity index (χ1) is 14.2. The molecule has 0 aliphatic heterocycles. The zero-order valence-electron chi connectivity index (χ0n) is 16.9. The average Bonchev–Trinajstić information content (AvgIpc) is 2.73. The molecule has 156 valence electrons. The lowest BCUT2D eigenvalue weighted by Gasteiger charge is -2.09. The fourth-order valence-corrected chi connectivity index (χ4v) is 3.09. The van der Waals surface area contributed by atoms with Crippen molar-refractivity contribution in [3.63, 3.8) is 0 Å². The molecule has 0 spiro atoms. The number of unbranched alkanes of at least 4 members (excludes halogenated alkanes) is 5. The summed E-state index contributed by atoms with van der Waals surface area (Å²) in [7, 11) is 0. The van der Waals surface area contributed by atoms with Gasteiger partial charge in [0.25, 0.3) is 5.91 Å². The van der Waals surface area contributed by atoms with E-state index in [0.29, 0.717) is 12.4 Å². The van der Waals surface area contributed by atoms with Crippen molar-refractivity contribution >= 4 is 28.1 Å². The lowest BCUT2D eigenvalue weighted by Crippen LogP contribution is -2.24. The van der Waals surface area contributed by atoms with Crippen molar-refractivity contribution in [2.45, 2.75) is 45.4 Å². The summed E-state index contributed by atoms with van der Waals surface area (Å²) in [6, 6.07) is 15.0. The van der Waals surface area contributed by atoms with Gasteiger partial charge in [0, 0.05) is 5.56 Å². The molecule has 1 amide bonds. The molecule has 0 aromatic heterocycles. The molecule has 6 heteroatoms. The molecule has 29 heavy (non-hydrogen) atoms. The Morgan fingerprint density at radius 3 is 2.45 bits per heavy atom. The number of benzene rings is 2. The van der Waals surface area contributed by atoms with Crippen LogP contribution in [0.3, 0.4) is 0 Å². The first-order valence-electron chi connectivity index (χ1n) is 10.1. The second kappa shape index (κ2) is 13.8. The van der Waals surface area contributed by atoms with E-state index < -0.39 is 0 Å². The van der Waals surface area contributed by atoms with Gasteiger partial charge in [0.05, 0.1) is 17.3 Å². The summed E-state index contributed by atoms with van der Waals surface area (Å²) in [6.07, 6.45) is 8.93. The number of rotatable bonds is 13. The molecule has 5 nitrogen and oxygen atoms in total. The fraction of sp³-hybridized carbons (Fsp3) is 0.391. The molecule has 0 radical (unpaired) electrons. The van der Waals surface area contributed by atoms with E-state index in [1.165, 1.54) is 32.1 Å². The van der Waals surface area contributed by atoms with Crippen molar-refractivity contribution in [3.05, 3.63) is 58.6 Å². The second-order valence-corrected chi connectivity index (χ2v) is 7.52. The molecule has 1 N–H and O–H groups in total. The van der Waals surface area contributed by atoms with Crippen LogP contribution in [0.15, 0.2) is 58.1 Å². The highest BCUT2D eigenvalue weighted by Gasteiger charge is 2.05. The number of hydrazone groups is 1. The van der Waals surface area contributed by atoms with Crippen LogP contribution in [0.1, 0.15) is 51.0 Å². The number of hydrogen-bond donors (Lipinski definition) is 1. The van der Waals surface area contributed by atoms with Gasteiger partial charge in [-0.2, -0.15) is 5.10 Å². The quantitative estimate of drug-likeness (QED) is 0.236. The summed E-state index contributed by atoms with van der Waals surface area (Å²) in [5, 5.41) is 4.02.